The maximum atomic E-state index is 13.0. The molecular formula is C21H20N6O2. The van der Waals surface area contributed by atoms with Crippen molar-refractivity contribution in [1.82, 2.24) is 29.5 Å². The van der Waals surface area contributed by atoms with Gasteiger partial charge in [-0.3, -0.25) is 4.79 Å². The number of hydrogen-bond acceptors (Lipinski definition) is 6. The zero-order chi connectivity index (χ0) is 20.0. The van der Waals surface area contributed by atoms with Gasteiger partial charge in [0, 0.05) is 30.8 Å². The minimum absolute atomic E-state index is 0.155. The van der Waals surface area contributed by atoms with Gasteiger partial charge in [0.15, 0.2) is 5.89 Å². The summed E-state index contributed by atoms with van der Waals surface area (Å²) in [6, 6.07) is 12.0. The number of rotatable bonds is 3. The van der Waals surface area contributed by atoms with Crippen molar-refractivity contribution in [2.24, 2.45) is 0 Å². The first-order chi connectivity index (χ1) is 14.1. The van der Waals surface area contributed by atoms with E-state index in [-0.39, 0.29) is 11.7 Å². The molecule has 1 amide bonds. The Morgan fingerprint density at radius 3 is 2.79 bits per heavy atom. The fraction of sp³-hybridized carbons (Fsp3) is 0.286. The second-order valence-electron chi connectivity index (χ2n) is 7.30. The van der Waals surface area contributed by atoms with E-state index in [2.05, 4.69) is 20.1 Å². The van der Waals surface area contributed by atoms with Gasteiger partial charge in [-0.1, -0.05) is 30.3 Å². The van der Waals surface area contributed by atoms with Crippen molar-refractivity contribution in [2.45, 2.75) is 33.2 Å². The second kappa shape index (κ2) is 6.80. The van der Waals surface area contributed by atoms with Crippen LogP contribution >= 0.6 is 0 Å². The maximum Gasteiger partial charge on any atom is 0.293 e. The van der Waals surface area contributed by atoms with Gasteiger partial charge in [-0.05, 0) is 25.5 Å². The number of amides is 1. The lowest BCUT2D eigenvalue weighted by Gasteiger charge is -2.23. The van der Waals surface area contributed by atoms with Crippen molar-refractivity contribution in [3.63, 3.8) is 0 Å². The minimum atomic E-state index is -0.217. The standard InChI is InChI=1S/C21H20N6O2/c1-13-10-14(2)27-21(22-13)24-19(25-27)20(28)26-9-8-17-16(12-26)23-18(29-17)11-15-6-4-3-5-7-15/h3-7,10H,8-9,11-12H2,1-2H3. The van der Waals surface area contributed by atoms with Crippen LogP contribution in [-0.4, -0.2) is 41.9 Å². The molecule has 3 aromatic heterocycles. The summed E-state index contributed by atoms with van der Waals surface area (Å²) in [5, 5.41) is 4.35. The molecule has 0 fully saturated rings. The molecule has 0 N–H and O–H groups in total. The van der Waals surface area contributed by atoms with Gasteiger partial charge < -0.3 is 9.32 Å². The molecule has 0 radical (unpaired) electrons. The molecule has 1 aliphatic heterocycles. The number of oxazole rings is 1. The lowest BCUT2D eigenvalue weighted by atomic mass is 10.1. The second-order valence-corrected chi connectivity index (χ2v) is 7.30. The van der Waals surface area contributed by atoms with Gasteiger partial charge in [0.2, 0.25) is 5.82 Å². The lowest BCUT2D eigenvalue weighted by molar-refractivity contribution is 0.0715. The molecule has 0 aliphatic carbocycles. The van der Waals surface area contributed by atoms with Gasteiger partial charge in [-0.2, -0.15) is 4.98 Å². The quantitative estimate of drug-likeness (QED) is 0.536. The van der Waals surface area contributed by atoms with E-state index in [1.807, 2.05) is 50.2 Å². The van der Waals surface area contributed by atoms with E-state index >= 15 is 0 Å². The van der Waals surface area contributed by atoms with Crippen molar-refractivity contribution in [1.29, 1.82) is 0 Å². The van der Waals surface area contributed by atoms with Crippen molar-refractivity contribution >= 4 is 11.7 Å². The highest BCUT2D eigenvalue weighted by Gasteiger charge is 2.28. The Bertz CT molecular complexity index is 1210. The van der Waals surface area contributed by atoms with E-state index in [0.717, 1.165) is 28.4 Å². The average Bonchev–Trinajstić information content (AvgIpc) is 3.31. The van der Waals surface area contributed by atoms with E-state index in [0.29, 0.717) is 37.6 Å². The van der Waals surface area contributed by atoms with Crippen LogP contribution in [0.25, 0.3) is 5.78 Å². The number of aromatic nitrogens is 5. The molecule has 4 aromatic rings. The average molecular weight is 388 g/mol. The largest absolute Gasteiger partial charge is 0.445 e. The first-order valence-corrected chi connectivity index (χ1v) is 9.58. The summed E-state index contributed by atoms with van der Waals surface area (Å²) in [6.07, 6.45) is 1.27. The predicted molar refractivity (Wildman–Crippen MR) is 104 cm³/mol. The smallest absolute Gasteiger partial charge is 0.293 e. The highest BCUT2D eigenvalue weighted by atomic mass is 16.4. The summed E-state index contributed by atoms with van der Waals surface area (Å²) in [5.74, 6) is 1.91. The van der Waals surface area contributed by atoms with E-state index in [9.17, 15) is 4.79 Å². The fourth-order valence-electron chi connectivity index (χ4n) is 3.67. The van der Waals surface area contributed by atoms with Crippen LogP contribution in [0.4, 0.5) is 0 Å². The van der Waals surface area contributed by atoms with E-state index in [1.165, 1.54) is 0 Å². The topological polar surface area (TPSA) is 89.4 Å². The molecule has 146 valence electrons. The van der Waals surface area contributed by atoms with Crippen LogP contribution in [0.3, 0.4) is 0 Å². The van der Waals surface area contributed by atoms with E-state index in [4.69, 9.17) is 4.42 Å². The number of fused-ring (bicyclic) bond motifs is 2. The summed E-state index contributed by atoms with van der Waals surface area (Å²) in [5.41, 5.74) is 3.69. The number of hydrogen-bond donors (Lipinski definition) is 0. The van der Waals surface area contributed by atoms with Crippen molar-refractivity contribution < 1.29 is 9.21 Å². The van der Waals surface area contributed by atoms with Crippen LogP contribution in [0.1, 0.15) is 44.9 Å². The Balaban J connectivity index is 1.36. The fourth-order valence-corrected chi connectivity index (χ4v) is 3.67. The SMILES string of the molecule is Cc1cc(C)n2nc(C(=O)N3CCc4oc(Cc5ccccc5)nc4C3)nc2n1. The third-order valence-electron chi connectivity index (χ3n) is 5.07. The van der Waals surface area contributed by atoms with Gasteiger partial charge in [0.1, 0.15) is 11.5 Å². The number of carbonyl (C=O) groups is 1. The molecular weight excluding hydrogens is 368 g/mol. The highest BCUT2D eigenvalue weighted by Crippen LogP contribution is 2.22. The Morgan fingerprint density at radius 1 is 1.14 bits per heavy atom. The van der Waals surface area contributed by atoms with Crippen molar-refractivity contribution in [3.05, 3.63) is 76.5 Å². The van der Waals surface area contributed by atoms with Crippen LogP contribution in [-0.2, 0) is 19.4 Å². The predicted octanol–water partition coefficient (Wildman–Crippen LogP) is 2.52. The Labute approximate surface area is 167 Å². The third-order valence-corrected chi connectivity index (χ3v) is 5.07. The summed E-state index contributed by atoms with van der Waals surface area (Å²) >= 11 is 0. The summed E-state index contributed by atoms with van der Waals surface area (Å²) in [4.78, 5) is 28.0. The summed E-state index contributed by atoms with van der Waals surface area (Å²) < 4.78 is 7.53. The summed E-state index contributed by atoms with van der Waals surface area (Å²) in [7, 11) is 0. The molecule has 1 aromatic carbocycles. The highest BCUT2D eigenvalue weighted by molar-refractivity contribution is 5.91. The Kier molecular flexibility index (Phi) is 4.12. The Hall–Kier alpha value is -3.55. The molecule has 0 saturated heterocycles. The van der Waals surface area contributed by atoms with Gasteiger partial charge in [0.05, 0.1) is 6.54 Å². The van der Waals surface area contributed by atoms with Crippen LogP contribution in [0.5, 0.6) is 0 Å². The molecule has 1 aliphatic rings. The first-order valence-electron chi connectivity index (χ1n) is 9.58. The molecule has 0 saturated carbocycles. The lowest BCUT2D eigenvalue weighted by Crippen LogP contribution is -2.36. The van der Waals surface area contributed by atoms with E-state index < -0.39 is 0 Å². The third kappa shape index (κ3) is 3.26. The number of benzene rings is 1. The molecule has 8 nitrogen and oxygen atoms in total. The summed E-state index contributed by atoms with van der Waals surface area (Å²) in [6.45, 7) is 4.76. The minimum Gasteiger partial charge on any atom is -0.445 e. The first kappa shape index (κ1) is 17.5. The number of aryl methyl sites for hydroxylation is 2. The molecule has 0 spiro atoms. The van der Waals surface area contributed by atoms with Crippen molar-refractivity contribution in [3.8, 4) is 0 Å². The number of nitrogens with zero attached hydrogens (tertiary/aromatic N) is 6. The molecule has 0 atom stereocenters. The molecule has 0 bridgehead atoms. The number of carbonyl (C=O) groups excluding carboxylic acids is 1. The molecule has 29 heavy (non-hydrogen) atoms. The zero-order valence-electron chi connectivity index (χ0n) is 16.3. The van der Waals surface area contributed by atoms with Gasteiger partial charge in [-0.15, -0.1) is 5.10 Å². The van der Waals surface area contributed by atoms with Crippen LogP contribution < -0.4 is 0 Å². The van der Waals surface area contributed by atoms with Gasteiger partial charge >= 0.3 is 0 Å². The molecule has 5 rings (SSSR count). The molecule has 8 heteroatoms. The molecule has 0 unspecified atom stereocenters. The zero-order valence-corrected chi connectivity index (χ0v) is 16.3. The van der Waals surface area contributed by atoms with Gasteiger partial charge in [0.25, 0.3) is 11.7 Å². The van der Waals surface area contributed by atoms with Crippen LogP contribution in [0, 0.1) is 13.8 Å². The maximum absolute atomic E-state index is 13.0. The normalized spacial score (nSPS) is 13.7. The van der Waals surface area contributed by atoms with E-state index in [1.54, 1.807) is 9.42 Å². The molecule has 4 heterocycles. The van der Waals surface area contributed by atoms with Gasteiger partial charge in [-0.25, -0.2) is 14.5 Å². The monoisotopic (exact) mass is 388 g/mol. The van der Waals surface area contributed by atoms with Crippen LogP contribution in [0.15, 0.2) is 40.8 Å². The van der Waals surface area contributed by atoms with Crippen molar-refractivity contribution in [2.75, 3.05) is 6.54 Å². The Morgan fingerprint density at radius 2 is 1.97 bits per heavy atom. The van der Waals surface area contributed by atoms with Crippen LogP contribution in [0.2, 0.25) is 0 Å².